The normalized spacial score (nSPS) is 12.5. The van der Waals surface area contributed by atoms with Gasteiger partial charge in [-0.25, -0.2) is 9.97 Å². The molecule has 0 bridgehead atoms. The highest BCUT2D eigenvalue weighted by atomic mass is 35.5. The van der Waals surface area contributed by atoms with Gasteiger partial charge in [0.1, 0.15) is 17.4 Å². The molecule has 1 unspecified atom stereocenters. The van der Waals surface area contributed by atoms with Crippen molar-refractivity contribution in [2.75, 3.05) is 26.1 Å². The second kappa shape index (κ2) is 7.38. The molecule has 0 spiro atoms. The SMILES string of the molecule is COCCNC(=O)C(C)n1c(CCCl)nc2cccnc21. The van der Waals surface area contributed by atoms with Crippen LogP contribution in [-0.2, 0) is 16.0 Å². The van der Waals surface area contributed by atoms with E-state index in [1.165, 1.54) is 0 Å². The summed E-state index contributed by atoms with van der Waals surface area (Å²) in [6, 6.07) is 3.31. The molecule has 0 aliphatic carbocycles. The van der Waals surface area contributed by atoms with Gasteiger partial charge in [-0.05, 0) is 19.1 Å². The number of imidazole rings is 1. The number of carbonyl (C=O) groups excluding carboxylic acids is 1. The molecule has 0 aromatic carbocycles. The topological polar surface area (TPSA) is 69.0 Å². The van der Waals surface area contributed by atoms with Crippen LogP contribution >= 0.6 is 11.6 Å². The van der Waals surface area contributed by atoms with Crippen molar-refractivity contribution in [2.45, 2.75) is 19.4 Å². The van der Waals surface area contributed by atoms with Crippen molar-refractivity contribution in [3.8, 4) is 0 Å². The number of pyridine rings is 1. The van der Waals surface area contributed by atoms with Crippen LogP contribution in [0.5, 0.6) is 0 Å². The molecule has 1 N–H and O–H groups in total. The number of hydrogen-bond donors (Lipinski definition) is 1. The van der Waals surface area contributed by atoms with Crippen LogP contribution in [0.1, 0.15) is 18.8 Å². The minimum Gasteiger partial charge on any atom is -0.383 e. The number of nitrogens with zero attached hydrogens (tertiary/aromatic N) is 3. The number of rotatable bonds is 7. The summed E-state index contributed by atoms with van der Waals surface area (Å²) < 4.78 is 6.78. The highest BCUT2D eigenvalue weighted by Gasteiger charge is 2.21. The third-order valence-electron chi connectivity index (χ3n) is 3.21. The van der Waals surface area contributed by atoms with Crippen LogP contribution in [-0.4, -0.2) is 46.6 Å². The Morgan fingerprint density at radius 1 is 1.57 bits per heavy atom. The third kappa shape index (κ3) is 3.51. The molecule has 0 aliphatic rings. The van der Waals surface area contributed by atoms with Gasteiger partial charge >= 0.3 is 0 Å². The predicted octanol–water partition coefficient (Wildman–Crippen LogP) is 1.54. The standard InChI is InChI=1S/C14H19ClN4O2/c1-10(14(20)17-8-9-21-2)19-12(5-6-15)18-11-4-3-7-16-13(11)19/h3-4,7,10H,5-6,8-9H2,1-2H3,(H,17,20). The summed E-state index contributed by atoms with van der Waals surface area (Å²) in [6.45, 7) is 2.79. The Bertz CT molecular complexity index is 614. The number of aryl methyl sites for hydroxylation is 1. The van der Waals surface area contributed by atoms with Crippen molar-refractivity contribution in [3.05, 3.63) is 24.2 Å². The fourth-order valence-electron chi connectivity index (χ4n) is 2.19. The Labute approximate surface area is 128 Å². The first-order chi connectivity index (χ1) is 10.2. The Kier molecular flexibility index (Phi) is 5.52. The second-order valence-electron chi connectivity index (χ2n) is 4.64. The molecule has 21 heavy (non-hydrogen) atoms. The fraction of sp³-hybridized carbons (Fsp3) is 0.500. The molecule has 0 fully saturated rings. The van der Waals surface area contributed by atoms with Gasteiger partial charge < -0.3 is 14.6 Å². The van der Waals surface area contributed by atoms with Crippen molar-refractivity contribution in [2.24, 2.45) is 0 Å². The van der Waals surface area contributed by atoms with Gasteiger partial charge in [0.2, 0.25) is 5.91 Å². The smallest absolute Gasteiger partial charge is 0.242 e. The number of methoxy groups -OCH3 is 1. The first kappa shape index (κ1) is 15.7. The Morgan fingerprint density at radius 2 is 2.38 bits per heavy atom. The van der Waals surface area contributed by atoms with E-state index in [0.29, 0.717) is 31.1 Å². The van der Waals surface area contributed by atoms with E-state index >= 15 is 0 Å². The average molecular weight is 311 g/mol. The van der Waals surface area contributed by atoms with Crippen LogP contribution in [0.2, 0.25) is 0 Å². The first-order valence-corrected chi connectivity index (χ1v) is 7.37. The van der Waals surface area contributed by atoms with Crippen LogP contribution in [0, 0.1) is 0 Å². The second-order valence-corrected chi connectivity index (χ2v) is 5.02. The third-order valence-corrected chi connectivity index (χ3v) is 3.40. The molecule has 2 aromatic rings. The number of ether oxygens (including phenoxy) is 1. The molecule has 0 radical (unpaired) electrons. The molecule has 0 aliphatic heterocycles. The number of fused-ring (bicyclic) bond motifs is 1. The van der Waals surface area contributed by atoms with Crippen LogP contribution in [0.4, 0.5) is 0 Å². The summed E-state index contributed by atoms with van der Waals surface area (Å²) in [5.41, 5.74) is 1.47. The molecule has 6 nitrogen and oxygen atoms in total. The Hall–Kier alpha value is -1.66. The average Bonchev–Trinajstić information content (AvgIpc) is 2.85. The number of hydrogen-bond acceptors (Lipinski definition) is 4. The van der Waals surface area contributed by atoms with Crippen LogP contribution < -0.4 is 5.32 Å². The van der Waals surface area contributed by atoms with E-state index in [4.69, 9.17) is 16.3 Å². The van der Waals surface area contributed by atoms with Gasteiger partial charge in [0.15, 0.2) is 5.65 Å². The van der Waals surface area contributed by atoms with Crippen molar-refractivity contribution in [1.82, 2.24) is 19.9 Å². The molecule has 1 atom stereocenters. The Morgan fingerprint density at radius 3 is 3.10 bits per heavy atom. The first-order valence-electron chi connectivity index (χ1n) is 6.83. The fourth-order valence-corrected chi connectivity index (χ4v) is 2.35. The van der Waals surface area contributed by atoms with Crippen molar-refractivity contribution in [1.29, 1.82) is 0 Å². The van der Waals surface area contributed by atoms with E-state index in [9.17, 15) is 4.79 Å². The largest absolute Gasteiger partial charge is 0.383 e. The number of alkyl halides is 1. The summed E-state index contributed by atoms with van der Waals surface area (Å²) in [6.07, 6.45) is 2.29. The molecule has 0 saturated heterocycles. The lowest BCUT2D eigenvalue weighted by Crippen LogP contribution is -2.34. The van der Waals surface area contributed by atoms with Crippen LogP contribution in [0.3, 0.4) is 0 Å². The lowest BCUT2D eigenvalue weighted by Gasteiger charge is -2.16. The van der Waals surface area contributed by atoms with Gasteiger partial charge in [-0.2, -0.15) is 0 Å². The maximum Gasteiger partial charge on any atom is 0.242 e. The molecule has 114 valence electrons. The zero-order chi connectivity index (χ0) is 15.2. The molecule has 0 saturated carbocycles. The minimum atomic E-state index is -0.403. The van der Waals surface area contributed by atoms with E-state index in [2.05, 4.69) is 15.3 Å². The number of carbonyl (C=O) groups is 1. The molecule has 2 heterocycles. The van der Waals surface area contributed by atoms with Gasteiger partial charge in [0.05, 0.1) is 6.61 Å². The molecule has 2 rings (SSSR count). The number of amides is 1. The van der Waals surface area contributed by atoms with Crippen LogP contribution in [0.15, 0.2) is 18.3 Å². The molecule has 1 amide bonds. The highest BCUT2D eigenvalue weighted by Crippen LogP contribution is 2.20. The van der Waals surface area contributed by atoms with Gasteiger partial charge in [-0.15, -0.1) is 11.6 Å². The zero-order valence-electron chi connectivity index (χ0n) is 12.2. The summed E-state index contributed by atoms with van der Waals surface area (Å²) in [4.78, 5) is 21.1. The van der Waals surface area contributed by atoms with E-state index in [0.717, 1.165) is 11.3 Å². The van der Waals surface area contributed by atoms with Crippen LogP contribution in [0.25, 0.3) is 11.2 Å². The monoisotopic (exact) mass is 310 g/mol. The van der Waals surface area contributed by atoms with E-state index in [-0.39, 0.29) is 5.91 Å². The van der Waals surface area contributed by atoms with E-state index in [1.54, 1.807) is 13.3 Å². The number of halogens is 1. The summed E-state index contributed by atoms with van der Waals surface area (Å²) in [7, 11) is 1.60. The lowest BCUT2D eigenvalue weighted by molar-refractivity contribution is -0.124. The van der Waals surface area contributed by atoms with Crippen molar-refractivity contribution in [3.63, 3.8) is 0 Å². The van der Waals surface area contributed by atoms with Gasteiger partial charge in [0, 0.05) is 32.2 Å². The Balaban J connectivity index is 2.29. The van der Waals surface area contributed by atoms with E-state index in [1.807, 2.05) is 23.6 Å². The summed E-state index contributed by atoms with van der Waals surface area (Å²) in [5, 5.41) is 2.83. The van der Waals surface area contributed by atoms with Gasteiger partial charge in [0.25, 0.3) is 0 Å². The lowest BCUT2D eigenvalue weighted by atomic mass is 10.3. The molecule has 2 aromatic heterocycles. The van der Waals surface area contributed by atoms with E-state index < -0.39 is 6.04 Å². The quantitative estimate of drug-likeness (QED) is 0.622. The predicted molar refractivity (Wildman–Crippen MR) is 81.5 cm³/mol. The number of aromatic nitrogens is 3. The molecule has 7 heteroatoms. The summed E-state index contributed by atoms with van der Waals surface area (Å²) in [5.74, 6) is 1.13. The van der Waals surface area contributed by atoms with Crippen molar-refractivity contribution < 1.29 is 9.53 Å². The maximum absolute atomic E-state index is 12.2. The number of nitrogens with one attached hydrogen (secondary N) is 1. The zero-order valence-corrected chi connectivity index (χ0v) is 12.9. The maximum atomic E-state index is 12.2. The minimum absolute atomic E-state index is 0.0900. The summed E-state index contributed by atoms with van der Waals surface area (Å²) >= 11 is 5.83. The van der Waals surface area contributed by atoms with Crippen molar-refractivity contribution >= 4 is 28.7 Å². The van der Waals surface area contributed by atoms with Gasteiger partial charge in [-0.3, -0.25) is 4.79 Å². The van der Waals surface area contributed by atoms with Gasteiger partial charge in [-0.1, -0.05) is 0 Å². The molecular weight excluding hydrogens is 292 g/mol. The highest BCUT2D eigenvalue weighted by molar-refractivity contribution is 6.17. The molecular formula is C14H19ClN4O2.